The third-order valence-electron chi connectivity index (χ3n) is 3.86. The number of nitrogens with zero attached hydrogens (tertiary/aromatic N) is 4. The van der Waals surface area contributed by atoms with Crippen LogP contribution in [0, 0.1) is 0 Å². The van der Waals surface area contributed by atoms with Crippen LogP contribution in [-0.4, -0.2) is 47.1 Å². The molecule has 152 valence electrons. The number of halogens is 4. The second-order valence-electron chi connectivity index (χ2n) is 5.76. The Morgan fingerprint density at radius 2 is 1.62 bits per heavy atom. The van der Waals surface area contributed by atoms with Crippen molar-refractivity contribution in [3.8, 4) is 17.2 Å². The molecule has 1 aliphatic heterocycles. The first kappa shape index (κ1) is 20.2. The Balaban J connectivity index is 0.000000431. The zero-order valence-corrected chi connectivity index (χ0v) is 15.4. The fourth-order valence-electron chi connectivity index (χ4n) is 2.62. The van der Waals surface area contributed by atoms with Crippen LogP contribution in [0.3, 0.4) is 0 Å². The zero-order valence-electron chi connectivity index (χ0n) is 15.4. The van der Waals surface area contributed by atoms with Crippen molar-refractivity contribution in [3.05, 3.63) is 54.4 Å². The molecule has 2 heterocycles. The topological polar surface area (TPSA) is 64.2 Å². The second kappa shape index (κ2) is 8.21. The van der Waals surface area contributed by atoms with E-state index in [1.165, 1.54) is 0 Å². The second-order valence-corrected chi connectivity index (χ2v) is 5.76. The predicted molar refractivity (Wildman–Crippen MR) is 99.8 cm³/mol. The van der Waals surface area contributed by atoms with Crippen molar-refractivity contribution in [2.45, 2.75) is 0 Å². The summed E-state index contributed by atoms with van der Waals surface area (Å²) < 4.78 is 53.4. The van der Waals surface area contributed by atoms with Crippen molar-refractivity contribution in [1.82, 2.24) is 14.8 Å². The smallest absolute Gasteiger partial charge is 0.497 e. The van der Waals surface area contributed by atoms with E-state index >= 15 is 0 Å². The maximum Gasteiger partial charge on any atom is 0.673 e. The predicted octanol–water partition coefficient (Wildman–Crippen LogP) is 3.69. The first-order valence-electron chi connectivity index (χ1n) is 8.29. The molecule has 0 bridgehead atoms. The van der Waals surface area contributed by atoms with E-state index in [4.69, 9.17) is 9.47 Å². The molecule has 12 heteroatoms. The molecule has 3 aromatic rings. The highest BCUT2D eigenvalue weighted by Crippen LogP contribution is 2.33. The number of rotatable bonds is 3. The summed E-state index contributed by atoms with van der Waals surface area (Å²) >= 11 is 0. The van der Waals surface area contributed by atoms with E-state index in [1.54, 1.807) is 20.5 Å². The van der Waals surface area contributed by atoms with Crippen LogP contribution in [0.1, 0.15) is 5.56 Å². The number of benzene rings is 2. The van der Waals surface area contributed by atoms with Crippen LogP contribution in [0.15, 0.2) is 48.8 Å². The fourth-order valence-corrected chi connectivity index (χ4v) is 2.62. The monoisotopic (exact) mass is 409 g/mol. The standard InChI is InChI=1S/C17H16N5O2.BF4/c1-23-13-5-3-12(4-6-13)10-22-16-9-14(24-2)7-8-15(16)21-11-18-19-17(21)20-22;2-1(3,4)5/h3-11H,1-2H3,(H,19,20);/q+1;-1/b22-10-;. The average Bonchev–Trinajstić information content (AvgIpc) is 3.15. The van der Waals surface area contributed by atoms with Crippen molar-refractivity contribution in [2.75, 3.05) is 19.6 Å². The third kappa shape index (κ3) is 5.03. The Labute approximate surface area is 163 Å². The quantitative estimate of drug-likeness (QED) is 0.406. The molecule has 1 N–H and O–H groups in total. The van der Waals surface area contributed by atoms with Crippen LogP contribution in [0.4, 0.5) is 28.9 Å². The van der Waals surface area contributed by atoms with Crippen LogP contribution in [0.25, 0.3) is 5.69 Å². The lowest BCUT2D eigenvalue weighted by Gasteiger charge is -2.16. The van der Waals surface area contributed by atoms with Gasteiger partial charge in [0, 0.05) is 5.56 Å². The molecule has 0 radical (unpaired) electrons. The minimum atomic E-state index is -6.00. The van der Waals surface area contributed by atoms with Gasteiger partial charge in [-0.2, -0.15) is 0 Å². The van der Waals surface area contributed by atoms with Gasteiger partial charge in [-0.3, -0.25) is 4.57 Å². The van der Waals surface area contributed by atoms with Gasteiger partial charge < -0.3 is 26.7 Å². The number of hydrogen-bond acceptors (Lipinski definition) is 5. The van der Waals surface area contributed by atoms with Crippen LogP contribution < -0.4 is 14.9 Å². The van der Waals surface area contributed by atoms with Crippen LogP contribution >= 0.6 is 0 Å². The van der Waals surface area contributed by atoms with Gasteiger partial charge in [0.05, 0.1) is 20.3 Å². The Bertz CT molecular complexity index is 1020. The van der Waals surface area contributed by atoms with Gasteiger partial charge in [0.2, 0.25) is 6.21 Å². The number of nitrogens with one attached hydrogen (secondary N) is 1. The van der Waals surface area contributed by atoms with Crippen LogP contribution in [0.2, 0.25) is 0 Å². The normalized spacial score (nSPS) is 13.5. The Morgan fingerprint density at radius 3 is 2.24 bits per heavy atom. The lowest BCUT2D eigenvalue weighted by atomic mass is 10.2. The minimum absolute atomic E-state index is 0.650. The molecule has 2 aromatic carbocycles. The number of methoxy groups -OCH3 is 2. The summed E-state index contributed by atoms with van der Waals surface area (Å²) in [6, 6.07) is 13.7. The molecule has 29 heavy (non-hydrogen) atoms. The van der Waals surface area contributed by atoms with Gasteiger partial charge in [0.25, 0.3) is 11.6 Å². The van der Waals surface area contributed by atoms with Crippen molar-refractivity contribution in [1.29, 1.82) is 0 Å². The highest BCUT2D eigenvalue weighted by Gasteiger charge is 2.28. The van der Waals surface area contributed by atoms with E-state index in [2.05, 4.69) is 15.6 Å². The Hall–Kier alpha value is -3.57. The molecule has 0 fully saturated rings. The largest absolute Gasteiger partial charge is 0.673 e. The van der Waals surface area contributed by atoms with Crippen molar-refractivity contribution < 1.29 is 31.4 Å². The average molecular weight is 409 g/mol. The van der Waals surface area contributed by atoms with Gasteiger partial charge in [0.15, 0.2) is 0 Å². The van der Waals surface area contributed by atoms with Crippen LogP contribution in [-0.2, 0) is 0 Å². The molecule has 4 rings (SSSR count). The lowest BCUT2D eigenvalue weighted by molar-refractivity contribution is -0.402. The molecule has 0 saturated heterocycles. The van der Waals surface area contributed by atoms with Gasteiger partial charge >= 0.3 is 7.25 Å². The summed E-state index contributed by atoms with van der Waals surface area (Å²) in [5.41, 5.74) is 6.17. The fraction of sp³-hybridized carbons (Fsp3) is 0.118. The summed E-state index contributed by atoms with van der Waals surface area (Å²) in [5, 5.41) is 8.08. The maximum atomic E-state index is 9.75. The van der Waals surface area contributed by atoms with E-state index < -0.39 is 7.25 Å². The van der Waals surface area contributed by atoms with E-state index in [1.807, 2.05) is 57.9 Å². The molecule has 1 aliphatic rings. The molecular weight excluding hydrogens is 393 g/mol. The molecule has 0 saturated carbocycles. The maximum absolute atomic E-state index is 9.75. The summed E-state index contributed by atoms with van der Waals surface area (Å²) in [7, 11) is -2.69. The van der Waals surface area contributed by atoms with Crippen molar-refractivity contribution in [2.24, 2.45) is 0 Å². The number of fused-ring (bicyclic) bond motifs is 3. The SMILES string of the molecule is COc1ccc(/C=[N+]2\Nc3nncn3-c3ccc(OC)cc32)cc1.F[B-](F)(F)F. The summed E-state index contributed by atoms with van der Waals surface area (Å²) in [6.45, 7) is 0. The summed E-state index contributed by atoms with van der Waals surface area (Å²) in [5.74, 6) is 2.25. The first-order valence-corrected chi connectivity index (χ1v) is 8.29. The highest BCUT2D eigenvalue weighted by atomic mass is 19.5. The van der Waals surface area contributed by atoms with E-state index in [-0.39, 0.29) is 0 Å². The molecular formula is C17H16BF4N5O2. The highest BCUT2D eigenvalue weighted by molar-refractivity contribution is 6.50. The zero-order chi connectivity index (χ0) is 21.0. The van der Waals surface area contributed by atoms with Crippen molar-refractivity contribution in [3.63, 3.8) is 0 Å². The number of hydrogen-bond donors (Lipinski definition) is 1. The third-order valence-corrected chi connectivity index (χ3v) is 3.86. The van der Waals surface area contributed by atoms with Crippen LogP contribution in [0.5, 0.6) is 11.5 Å². The first-order chi connectivity index (χ1) is 13.8. The van der Waals surface area contributed by atoms with E-state index in [0.717, 1.165) is 28.4 Å². The number of hydrazone groups is 1. The van der Waals surface area contributed by atoms with Crippen molar-refractivity contribution >= 4 is 25.1 Å². The Kier molecular flexibility index (Phi) is 5.71. The van der Waals surface area contributed by atoms with E-state index in [0.29, 0.717) is 5.95 Å². The minimum Gasteiger partial charge on any atom is -0.497 e. The van der Waals surface area contributed by atoms with E-state index in [9.17, 15) is 17.3 Å². The van der Waals surface area contributed by atoms with Gasteiger partial charge in [-0.1, -0.05) is 4.68 Å². The number of aromatic nitrogens is 3. The molecule has 0 unspecified atom stereocenters. The molecule has 0 atom stereocenters. The number of anilines is 1. The number of ether oxygens (including phenoxy) is 2. The lowest BCUT2D eigenvalue weighted by Crippen LogP contribution is -2.24. The molecule has 0 amide bonds. The summed E-state index contributed by atoms with van der Waals surface area (Å²) in [4.78, 5) is 0. The number of hydrazine groups is 1. The molecule has 0 spiro atoms. The van der Waals surface area contributed by atoms with Gasteiger partial charge in [-0.05, 0) is 36.4 Å². The molecule has 7 nitrogen and oxygen atoms in total. The van der Waals surface area contributed by atoms with Gasteiger partial charge in [-0.25, -0.2) is 0 Å². The summed E-state index contributed by atoms with van der Waals surface area (Å²) in [6.07, 6.45) is 3.66. The van der Waals surface area contributed by atoms with Gasteiger partial charge in [-0.15, -0.1) is 15.6 Å². The molecule has 1 aromatic heterocycles. The molecule has 0 aliphatic carbocycles. The van der Waals surface area contributed by atoms with Gasteiger partial charge in [0.1, 0.15) is 23.5 Å². The Morgan fingerprint density at radius 1 is 1.00 bits per heavy atom.